The zero-order chi connectivity index (χ0) is 12.4. The Morgan fingerprint density at radius 1 is 1.59 bits per heavy atom. The van der Waals surface area contributed by atoms with Crippen LogP contribution in [0.25, 0.3) is 0 Å². The lowest BCUT2D eigenvalue weighted by Crippen LogP contribution is -2.20. The summed E-state index contributed by atoms with van der Waals surface area (Å²) in [7, 11) is 5.46. The number of thiophene rings is 1. The minimum absolute atomic E-state index is 0.0540. The van der Waals surface area contributed by atoms with Gasteiger partial charge in [0.25, 0.3) is 0 Å². The minimum atomic E-state index is 0.0540. The molecule has 0 amide bonds. The van der Waals surface area contributed by atoms with Crippen molar-refractivity contribution in [2.24, 2.45) is 7.05 Å². The summed E-state index contributed by atoms with van der Waals surface area (Å²) in [4.78, 5) is 1.16. The van der Waals surface area contributed by atoms with Crippen LogP contribution in [-0.4, -0.2) is 29.2 Å². The van der Waals surface area contributed by atoms with Gasteiger partial charge in [-0.2, -0.15) is 0 Å². The van der Waals surface area contributed by atoms with Crippen LogP contribution in [-0.2, 0) is 7.05 Å². The molecule has 0 bridgehead atoms. The Kier molecular flexibility index (Phi) is 3.80. The van der Waals surface area contributed by atoms with Crippen molar-refractivity contribution in [1.82, 2.24) is 20.3 Å². The molecule has 1 N–H and O–H groups in total. The van der Waals surface area contributed by atoms with E-state index in [-0.39, 0.29) is 6.04 Å². The second kappa shape index (κ2) is 5.16. The molecule has 7 heteroatoms. The third-order valence-electron chi connectivity index (χ3n) is 2.50. The first-order chi connectivity index (χ1) is 8.17. The Bertz CT molecular complexity index is 491. The highest BCUT2D eigenvalue weighted by molar-refractivity contribution is 9.10. The van der Waals surface area contributed by atoms with Crippen molar-refractivity contribution in [2.75, 3.05) is 14.2 Å². The van der Waals surface area contributed by atoms with E-state index in [0.29, 0.717) is 0 Å². The molecule has 0 radical (unpaired) electrons. The van der Waals surface area contributed by atoms with Crippen LogP contribution < -0.4 is 10.1 Å². The van der Waals surface area contributed by atoms with E-state index in [1.807, 2.05) is 25.5 Å². The number of aryl methyl sites for hydroxylation is 1. The number of aromatic nitrogens is 3. The van der Waals surface area contributed by atoms with Crippen molar-refractivity contribution >= 4 is 27.3 Å². The van der Waals surface area contributed by atoms with Crippen molar-refractivity contribution in [3.63, 3.8) is 0 Å². The van der Waals surface area contributed by atoms with Crippen molar-refractivity contribution in [3.05, 3.63) is 26.6 Å². The minimum Gasteiger partial charge on any atom is -0.496 e. The Hall–Kier alpha value is -0.920. The maximum absolute atomic E-state index is 5.20. The molecule has 92 valence electrons. The summed E-state index contributed by atoms with van der Waals surface area (Å²) in [5.74, 6) is 0.872. The second-order valence-corrected chi connectivity index (χ2v) is 5.19. The molecule has 5 nitrogen and oxygen atoms in total. The number of methoxy groups -OCH3 is 1. The number of halogens is 1. The molecular weight excluding hydrogens is 304 g/mol. The fourth-order valence-electron chi connectivity index (χ4n) is 1.65. The number of nitrogens with zero attached hydrogens (tertiary/aromatic N) is 3. The number of hydrogen-bond acceptors (Lipinski definition) is 5. The van der Waals surface area contributed by atoms with Crippen LogP contribution in [0.1, 0.15) is 16.6 Å². The zero-order valence-electron chi connectivity index (χ0n) is 9.77. The normalized spacial score (nSPS) is 12.7. The molecule has 0 aliphatic carbocycles. The van der Waals surface area contributed by atoms with Crippen LogP contribution in [0.3, 0.4) is 0 Å². The number of ether oxygens (including phenoxy) is 1. The van der Waals surface area contributed by atoms with Gasteiger partial charge in [-0.25, -0.2) is 4.68 Å². The highest BCUT2D eigenvalue weighted by Gasteiger charge is 2.22. The molecule has 1 atom stereocenters. The van der Waals surface area contributed by atoms with Crippen molar-refractivity contribution < 1.29 is 4.74 Å². The average molecular weight is 317 g/mol. The maximum Gasteiger partial charge on any atom is 0.153 e. The van der Waals surface area contributed by atoms with Crippen molar-refractivity contribution in [1.29, 1.82) is 0 Å². The highest BCUT2D eigenvalue weighted by atomic mass is 79.9. The first kappa shape index (κ1) is 12.5. The molecule has 2 rings (SSSR count). The van der Waals surface area contributed by atoms with E-state index >= 15 is 0 Å². The molecule has 0 spiro atoms. The summed E-state index contributed by atoms with van der Waals surface area (Å²) < 4.78 is 7.72. The first-order valence-corrected chi connectivity index (χ1v) is 6.69. The smallest absolute Gasteiger partial charge is 0.153 e. The molecular formula is C10H13BrN4OS. The van der Waals surface area contributed by atoms with Gasteiger partial charge in [-0.05, 0) is 29.0 Å². The summed E-state index contributed by atoms with van der Waals surface area (Å²) >= 11 is 5.06. The second-order valence-electron chi connectivity index (χ2n) is 3.50. The Morgan fingerprint density at radius 2 is 2.35 bits per heavy atom. The van der Waals surface area contributed by atoms with E-state index in [1.54, 1.807) is 23.1 Å². The summed E-state index contributed by atoms with van der Waals surface area (Å²) in [6, 6.07) is 2.07. The summed E-state index contributed by atoms with van der Waals surface area (Å²) in [6.07, 6.45) is 0. The largest absolute Gasteiger partial charge is 0.496 e. The van der Waals surface area contributed by atoms with Gasteiger partial charge in [0, 0.05) is 17.3 Å². The summed E-state index contributed by atoms with van der Waals surface area (Å²) in [5, 5.41) is 13.2. The lowest BCUT2D eigenvalue weighted by molar-refractivity contribution is 0.416. The molecule has 0 saturated carbocycles. The SMILES string of the molecule is CNC(c1cc(OC)cs1)c1c(Br)nnn1C. The van der Waals surface area contributed by atoms with Gasteiger partial charge in [-0.15, -0.1) is 16.4 Å². The van der Waals surface area contributed by atoms with Gasteiger partial charge in [-0.3, -0.25) is 0 Å². The van der Waals surface area contributed by atoms with Crippen LogP contribution in [0.15, 0.2) is 16.0 Å². The Labute approximate surface area is 112 Å². The Balaban J connectivity index is 2.40. The van der Waals surface area contributed by atoms with Crippen LogP contribution >= 0.6 is 27.3 Å². The van der Waals surface area contributed by atoms with Gasteiger partial charge in [-0.1, -0.05) is 5.21 Å². The predicted octanol–water partition coefficient (Wildman–Crippen LogP) is 1.96. The zero-order valence-corrected chi connectivity index (χ0v) is 12.2. The molecule has 0 aliphatic heterocycles. The van der Waals surface area contributed by atoms with Gasteiger partial charge in [0.15, 0.2) is 4.60 Å². The van der Waals surface area contributed by atoms with E-state index in [0.717, 1.165) is 20.9 Å². The molecule has 0 aliphatic rings. The van der Waals surface area contributed by atoms with Gasteiger partial charge in [0.2, 0.25) is 0 Å². The quantitative estimate of drug-likeness (QED) is 0.936. The van der Waals surface area contributed by atoms with E-state index in [2.05, 4.69) is 31.6 Å². The van der Waals surface area contributed by atoms with Crippen LogP contribution in [0, 0.1) is 0 Å². The standard InChI is InChI=1S/C10H13BrN4OS/c1-12-8(7-4-6(16-3)5-17-7)9-10(11)13-14-15(9)2/h4-5,8,12H,1-3H3. The lowest BCUT2D eigenvalue weighted by atomic mass is 10.2. The third kappa shape index (κ3) is 2.36. The lowest BCUT2D eigenvalue weighted by Gasteiger charge is -2.14. The van der Waals surface area contributed by atoms with Gasteiger partial charge in [0.05, 0.1) is 18.8 Å². The van der Waals surface area contributed by atoms with Crippen molar-refractivity contribution in [3.8, 4) is 5.75 Å². The number of nitrogens with one attached hydrogen (secondary N) is 1. The molecule has 0 saturated heterocycles. The van der Waals surface area contributed by atoms with Gasteiger partial charge < -0.3 is 10.1 Å². The Morgan fingerprint density at radius 3 is 2.82 bits per heavy atom. The topological polar surface area (TPSA) is 52.0 Å². The van der Waals surface area contributed by atoms with Gasteiger partial charge >= 0.3 is 0 Å². The average Bonchev–Trinajstić information content (AvgIpc) is 2.91. The summed E-state index contributed by atoms with van der Waals surface area (Å²) in [6.45, 7) is 0. The molecule has 1 unspecified atom stereocenters. The fourth-order valence-corrected chi connectivity index (χ4v) is 3.17. The van der Waals surface area contributed by atoms with E-state index in [1.165, 1.54) is 0 Å². The molecule has 17 heavy (non-hydrogen) atoms. The molecule has 2 aromatic rings. The van der Waals surface area contributed by atoms with Crippen LogP contribution in [0.5, 0.6) is 5.75 Å². The third-order valence-corrected chi connectivity index (χ3v) is 4.05. The molecule has 2 aromatic heterocycles. The fraction of sp³-hybridized carbons (Fsp3) is 0.400. The van der Waals surface area contributed by atoms with E-state index in [9.17, 15) is 0 Å². The van der Waals surface area contributed by atoms with E-state index in [4.69, 9.17) is 4.74 Å². The van der Waals surface area contributed by atoms with Crippen molar-refractivity contribution in [2.45, 2.75) is 6.04 Å². The van der Waals surface area contributed by atoms with Gasteiger partial charge in [0.1, 0.15) is 5.75 Å². The molecule has 0 fully saturated rings. The predicted molar refractivity (Wildman–Crippen MR) is 70.5 cm³/mol. The first-order valence-electron chi connectivity index (χ1n) is 5.02. The highest BCUT2D eigenvalue weighted by Crippen LogP contribution is 2.32. The number of hydrogen-bond donors (Lipinski definition) is 1. The van der Waals surface area contributed by atoms with Crippen LogP contribution in [0.4, 0.5) is 0 Å². The molecule has 0 aromatic carbocycles. The van der Waals surface area contributed by atoms with Crippen LogP contribution in [0.2, 0.25) is 0 Å². The van der Waals surface area contributed by atoms with E-state index < -0.39 is 0 Å². The molecule has 2 heterocycles. The number of rotatable bonds is 4. The summed E-state index contributed by atoms with van der Waals surface area (Å²) in [5.41, 5.74) is 0.997. The maximum atomic E-state index is 5.20. The monoisotopic (exact) mass is 316 g/mol.